The molecule has 3 heterocycles. The van der Waals surface area contributed by atoms with Gasteiger partial charge in [0.05, 0.1) is 6.10 Å². The highest BCUT2D eigenvalue weighted by Gasteiger charge is 2.28. The van der Waals surface area contributed by atoms with Gasteiger partial charge in [-0.3, -0.25) is 4.79 Å². The summed E-state index contributed by atoms with van der Waals surface area (Å²) in [5, 5.41) is 1.03. The number of rotatable bonds is 3. The number of carbonyl (C=O) groups excluding carboxylic acids is 1. The first kappa shape index (κ1) is 18.5. The highest BCUT2D eigenvalue weighted by atomic mass is 16.5. The number of nitrogens with zero attached hydrogens (tertiary/aromatic N) is 2. The fourth-order valence-corrected chi connectivity index (χ4v) is 4.30. The molecule has 2 aliphatic rings. The minimum absolute atomic E-state index is 0.00417. The van der Waals surface area contributed by atoms with E-state index in [1.54, 1.807) is 0 Å². The summed E-state index contributed by atoms with van der Waals surface area (Å²) in [5.74, 6) is 0.477. The molecule has 2 saturated heterocycles. The largest absolute Gasteiger partial charge is 0.451 e. The van der Waals surface area contributed by atoms with E-state index >= 15 is 0 Å². The van der Waals surface area contributed by atoms with Crippen LogP contribution in [-0.4, -0.2) is 61.1 Å². The fourth-order valence-electron chi connectivity index (χ4n) is 4.30. The van der Waals surface area contributed by atoms with Crippen molar-refractivity contribution in [3.8, 4) is 0 Å². The third kappa shape index (κ3) is 4.04. The molecule has 5 nitrogen and oxygen atoms in total. The van der Waals surface area contributed by atoms with Crippen LogP contribution < -0.4 is 0 Å². The van der Waals surface area contributed by atoms with Crippen molar-refractivity contribution in [2.24, 2.45) is 0 Å². The smallest absolute Gasteiger partial charge is 0.289 e. The number of hydrogen-bond acceptors (Lipinski definition) is 4. The van der Waals surface area contributed by atoms with E-state index in [9.17, 15) is 4.79 Å². The van der Waals surface area contributed by atoms with Crippen LogP contribution in [0.4, 0.5) is 0 Å². The van der Waals surface area contributed by atoms with Crippen LogP contribution >= 0.6 is 0 Å². The second-order valence-electron chi connectivity index (χ2n) is 8.01. The topological polar surface area (TPSA) is 45.9 Å². The number of furan rings is 1. The summed E-state index contributed by atoms with van der Waals surface area (Å²) in [6.45, 7) is 9.33. The van der Waals surface area contributed by atoms with Gasteiger partial charge in [0.15, 0.2) is 5.76 Å². The zero-order valence-electron chi connectivity index (χ0n) is 16.5. The number of likely N-dealkylation sites (tertiary alicyclic amines) is 1. The molecule has 1 unspecified atom stereocenters. The number of hydrogen-bond donors (Lipinski definition) is 0. The molecule has 0 bridgehead atoms. The van der Waals surface area contributed by atoms with Crippen molar-refractivity contribution in [2.45, 2.75) is 45.6 Å². The molecule has 4 rings (SSSR count). The number of aryl methyl sites for hydroxylation is 2. The van der Waals surface area contributed by atoms with E-state index < -0.39 is 0 Å². The minimum atomic E-state index is -0.00417. The summed E-state index contributed by atoms with van der Waals surface area (Å²) in [6, 6.07) is 6.11. The Bertz CT molecular complexity index is 807. The van der Waals surface area contributed by atoms with Crippen LogP contribution in [0.5, 0.6) is 0 Å². The van der Waals surface area contributed by atoms with Crippen molar-refractivity contribution in [3.05, 3.63) is 35.1 Å². The maximum absolute atomic E-state index is 13.2. The van der Waals surface area contributed by atoms with Gasteiger partial charge in [0, 0.05) is 37.2 Å². The van der Waals surface area contributed by atoms with Gasteiger partial charge in [-0.05, 0) is 57.8 Å². The average Bonchev–Trinajstić information content (AvgIpc) is 2.84. The zero-order chi connectivity index (χ0) is 18.8. The Morgan fingerprint density at radius 3 is 2.74 bits per heavy atom. The van der Waals surface area contributed by atoms with Gasteiger partial charge in [-0.1, -0.05) is 18.6 Å². The predicted molar refractivity (Wildman–Crippen MR) is 106 cm³/mol. The second-order valence-corrected chi connectivity index (χ2v) is 8.01. The van der Waals surface area contributed by atoms with Gasteiger partial charge in [0.1, 0.15) is 5.58 Å². The Balaban J connectivity index is 1.50. The van der Waals surface area contributed by atoms with Crippen molar-refractivity contribution in [3.63, 3.8) is 0 Å². The molecule has 5 heteroatoms. The lowest BCUT2D eigenvalue weighted by atomic mass is 10.1. The molecule has 146 valence electrons. The lowest BCUT2D eigenvalue weighted by Gasteiger charge is -2.31. The van der Waals surface area contributed by atoms with Crippen molar-refractivity contribution in [2.75, 3.05) is 39.3 Å². The van der Waals surface area contributed by atoms with E-state index in [-0.39, 0.29) is 12.0 Å². The molecule has 2 aromatic rings. The SMILES string of the molecule is Cc1ccc2c(C)c(C(=O)N3CCCOC(CN4CCCCC4)C3)oc2c1. The number of carbonyl (C=O) groups is 1. The lowest BCUT2D eigenvalue weighted by molar-refractivity contribution is 0.0211. The molecule has 2 aliphatic heterocycles. The summed E-state index contributed by atoms with van der Waals surface area (Å²) < 4.78 is 12.0. The first-order valence-corrected chi connectivity index (χ1v) is 10.2. The number of fused-ring (bicyclic) bond motifs is 1. The summed E-state index contributed by atoms with van der Waals surface area (Å²) >= 11 is 0. The summed E-state index contributed by atoms with van der Waals surface area (Å²) in [4.78, 5) is 17.6. The number of amides is 1. The van der Waals surface area contributed by atoms with E-state index in [4.69, 9.17) is 9.15 Å². The first-order valence-electron chi connectivity index (χ1n) is 10.2. The third-order valence-corrected chi connectivity index (χ3v) is 5.84. The monoisotopic (exact) mass is 370 g/mol. The first-order chi connectivity index (χ1) is 13.1. The fraction of sp³-hybridized carbons (Fsp3) is 0.591. The zero-order valence-corrected chi connectivity index (χ0v) is 16.5. The number of benzene rings is 1. The van der Waals surface area contributed by atoms with Crippen molar-refractivity contribution in [1.82, 2.24) is 9.80 Å². The quantitative estimate of drug-likeness (QED) is 0.825. The molecule has 0 saturated carbocycles. The van der Waals surface area contributed by atoms with E-state index in [0.717, 1.165) is 61.3 Å². The van der Waals surface area contributed by atoms with Gasteiger partial charge >= 0.3 is 0 Å². The normalized spacial score (nSPS) is 22.1. The van der Waals surface area contributed by atoms with Crippen LogP contribution in [0.15, 0.2) is 22.6 Å². The van der Waals surface area contributed by atoms with E-state index in [1.165, 1.54) is 19.3 Å². The Kier molecular flexibility index (Phi) is 5.50. The summed E-state index contributed by atoms with van der Waals surface area (Å²) in [5.41, 5.74) is 2.87. The third-order valence-electron chi connectivity index (χ3n) is 5.84. The van der Waals surface area contributed by atoms with Crippen LogP contribution in [0.3, 0.4) is 0 Å². The molecule has 0 spiro atoms. The highest BCUT2D eigenvalue weighted by molar-refractivity contribution is 5.99. The molecular formula is C22H30N2O3. The van der Waals surface area contributed by atoms with Gasteiger partial charge < -0.3 is 19.0 Å². The van der Waals surface area contributed by atoms with Gasteiger partial charge in [0.25, 0.3) is 5.91 Å². The molecule has 27 heavy (non-hydrogen) atoms. The van der Waals surface area contributed by atoms with Gasteiger partial charge in [-0.2, -0.15) is 0 Å². The van der Waals surface area contributed by atoms with Crippen molar-refractivity contribution in [1.29, 1.82) is 0 Å². The minimum Gasteiger partial charge on any atom is -0.451 e. The molecule has 0 N–H and O–H groups in total. The van der Waals surface area contributed by atoms with Crippen LogP contribution in [0.25, 0.3) is 11.0 Å². The van der Waals surface area contributed by atoms with Crippen molar-refractivity contribution >= 4 is 16.9 Å². The predicted octanol–water partition coefficient (Wildman–Crippen LogP) is 3.77. The van der Waals surface area contributed by atoms with Crippen LogP contribution in [0, 0.1) is 13.8 Å². The van der Waals surface area contributed by atoms with Gasteiger partial charge in [-0.25, -0.2) is 0 Å². The Morgan fingerprint density at radius 2 is 1.93 bits per heavy atom. The molecule has 1 atom stereocenters. The van der Waals surface area contributed by atoms with Gasteiger partial charge in [-0.15, -0.1) is 0 Å². The lowest BCUT2D eigenvalue weighted by Crippen LogP contribution is -2.43. The molecule has 0 aliphatic carbocycles. The van der Waals surface area contributed by atoms with Crippen LogP contribution in [-0.2, 0) is 4.74 Å². The average molecular weight is 370 g/mol. The molecule has 1 aromatic heterocycles. The summed E-state index contributed by atoms with van der Waals surface area (Å²) in [7, 11) is 0. The second kappa shape index (κ2) is 8.03. The van der Waals surface area contributed by atoms with E-state index in [2.05, 4.69) is 11.0 Å². The Labute approximate surface area is 161 Å². The van der Waals surface area contributed by atoms with Crippen molar-refractivity contribution < 1.29 is 13.9 Å². The molecule has 1 amide bonds. The Morgan fingerprint density at radius 1 is 1.11 bits per heavy atom. The van der Waals surface area contributed by atoms with E-state index in [0.29, 0.717) is 12.3 Å². The molecule has 2 fully saturated rings. The number of piperidine rings is 1. The number of ether oxygens (including phenoxy) is 1. The van der Waals surface area contributed by atoms with Crippen LogP contribution in [0.2, 0.25) is 0 Å². The standard InChI is InChI=1S/C22H30N2O3/c1-16-7-8-19-17(2)21(27-20(19)13-16)22(25)24-11-6-12-26-18(15-24)14-23-9-4-3-5-10-23/h7-8,13,18H,3-6,9-12,14-15H2,1-2H3. The highest BCUT2D eigenvalue weighted by Crippen LogP contribution is 2.27. The molecule has 0 radical (unpaired) electrons. The maximum Gasteiger partial charge on any atom is 0.289 e. The van der Waals surface area contributed by atoms with E-state index in [1.807, 2.05) is 30.9 Å². The van der Waals surface area contributed by atoms with Gasteiger partial charge in [0.2, 0.25) is 0 Å². The molecular weight excluding hydrogens is 340 g/mol. The molecule has 1 aromatic carbocycles. The Hall–Kier alpha value is -1.85. The van der Waals surface area contributed by atoms with Crippen LogP contribution in [0.1, 0.15) is 47.4 Å². The summed E-state index contributed by atoms with van der Waals surface area (Å²) in [6.07, 6.45) is 4.83. The maximum atomic E-state index is 13.2.